The van der Waals surface area contributed by atoms with E-state index in [4.69, 9.17) is 4.42 Å². The van der Waals surface area contributed by atoms with Gasteiger partial charge < -0.3 is 9.52 Å². The number of aryl methyl sites for hydroxylation is 1. The van der Waals surface area contributed by atoms with Crippen molar-refractivity contribution >= 4 is 0 Å². The smallest absolute Gasteiger partial charge is 0.106 e. The van der Waals surface area contributed by atoms with Gasteiger partial charge in [0.1, 0.15) is 5.76 Å². The summed E-state index contributed by atoms with van der Waals surface area (Å²) in [5.41, 5.74) is 0.931. The molecule has 13 heavy (non-hydrogen) atoms. The van der Waals surface area contributed by atoms with Gasteiger partial charge in [0.2, 0.25) is 0 Å². The standard InChI is InChI=1S/C11H18O2/c1-8(2)4-5-11(12)10-6-7-13-9(10)3/h6-8,11-12H,4-5H2,1-3H3. The number of rotatable bonds is 4. The minimum absolute atomic E-state index is 0.360. The molecule has 0 radical (unpaired) electrons. The first-order valence-electron chi connectivity index (χ1n) is 4.83. The molecule has 0 aromatic carbocycles. The van der Waals surface area contributed by atoms with Crippen LogP contribution < -0.4 is 0 Å². The summed E-state index contributed by atoms with van der Waals surface area (Å²) >= 11 is 0. The molecule has 0 amide bonds. The number of hydrogen-bond donors (Lipinski definition) is 1. The molecule has 0 aliphatic carbocycles. The van der Waals surface area contributed by atoms with Crippen LogP contribution in [0.15, 0.2) is 16.7 Å². The monoisotopic (exact) mass is 182 g/mol. The normalized spacial score (nSPS) is 13.6. The van der Waals surface area contributed by atoms with Crippen molar-refractivity contribution in [3.63, 3.8) is 0 Å². The Morgan fingerprint density at radius 1 is 1.38 bits per heavy atom. The van der Waals surface area contributed by atoms with Crippen molar-refractivity contribution in [3.05, 3.63) is 23.7 Å². The summed E-state index contributed by atoms with van der Waals surface area (Å²) < 4.78 is 5.13. The molecule has 1 aromatic heterocycles. The fraction of sp³-hybridized carbons (Fsp3) is 0.636. The van der Waals surface area contributed by atoms with Gasteiger partial charge in [-0.15, -0.1) is 0 Å². The molecule has 1 atom stereocenters. The van der Waals surface area contributed by atoms with Crippen molar-refractivity contribution in [1.82, 2.24) is 0 Å². The van der Waals surface area contributed by atoms with Gasteiger partial charge in [-0.05, 0) is 31.7 Å². The lowest BCUT2D eigenvalue weighted by Crippen LogP contribution is -1.99. The van der Waals surface area contributed by atoms with Gasteiger partial charge in [0.15, 0.2) is 0 Å². The van der Waals surface area contributed by atoms with Gasteiger partial charge in [-0.3, -0.25) is 0 Å². The molecule has 2 nitrogen and oxygen atoms in total. The van der Waals surface area contributed by atoms with Crippen LogP contribution in [0.5, 0.6) is 0 Å². The minimum atomic E-state index is -0.360. The lowest BCUT2D eigenvalue weighted by molar-refractivity contribution is 0.157. The van der Waals surface area contributed by atoms with E-state index in [0.29, 0.717) is 5.92 Å². The third kappa shape index (κ3) is 2.88. The summed E-state index contributed by atoms with van der Waals surface area (Å²) in [4.78, 5) is 0. The van der Waals surface area contributed by atoms with Crippen molar-refractivity contribution in [1.29, 1.82) is 0 Å². The average Bonchev–Trinajstić information content (AvgIpc) is 2.47. The molecule has 1 N–H and O–H groups in total. The Bertz CT molecular complexity index is 250. The summed E-state index contributed by atoms with van der Waals surface area (Å²) in [7, 11) is 0. The second kappa shape index (κ2) is 4.47. The molecule has 0 fully saturated rings. The van der Waals surface area contributed by atoms with E-state index >= 15 is 0 Å². The van der Waals surface area contributed by atoms with Crippen LogP contribution in [-0.2, 0) is 0 Å². The summed E-state index contributed by atoms with van der Waals surface area (Å²) in [5, 5.41) is 9.78. The molecule has 1 aromatic rings. The van der Waals surface area contributed by atoms with Gasteiger partial charge in [-0.2, -0.15) is 0 Å². The lowest BCUT2D eigenvalue weighted by atomic mass is 10.0. The molecule has 0 saturated heterocycles. The Labute approximate surface area is 79.6 Å². The van der Waals surface area contributed by atoms with Gasteiger partial charge in [-0.25, -0.2) is 0 Å². The number of aliphatic hydroxyl groups is 1. The van der Waals surface area contributed by atoms with Crippen LogP contribution in [0.25, 0.3) is 0 Å². The predicted octanol–water partition coefficient (Wildman–Crippen LogP) is 3.06. The molecule has 1 unspecified atom stereocenters. The zero-order valence-electron chi connectivity index (χ0n) is 8.58. The Morgan fingerprint density at radius 3 is 2.54 bits per heavy atom. The van der Waals surface area contributed by atoms with E-state index in [-0.39, 0.29) is 6.10 Å². The van der Waals surface area contributed by atoms with E-state index in [0.717, 1.165) is 24.2 Å². The summed E-state index contributed by atoms with van der Waals surface area (Å²) in [6.45, 7) is 6.21. The highest BCUT2D eigenvalue weighted by molar-refractivity contribution is 5.18. The summed E-state index contributed by atoms with van der Waals surface area (Å²) in [5.74, 6) is 1.47. The van der Waals surface area contributed by atoms with Gasteiger partial charge in [0.05, 0.1) is 12.4 Å². The Morgan fingerprint density at radius 2 is 2.08 bits per heavy atom. The molecule has 0 saturated carbocycles. The maximum absolute atomic E-state index is 9.78. The Balaban J connectivity index is 2.49. The molecule has 74 valence electrons. The molecular formula is C11H18O2. The van der Waals surface area contributed by atoms with Gasteiger partial charge >= 0.3 is 0 Å². The maximum Gasteiger partial charge on any atom is 0.106 e. The second-order valence-electron chi connectivity index (χ2n) is 3.92. The SMILES string of the molecule is Cc1occc1C(O)CCC(C)C. The first-order chi connectivity index (χ1) is 6.11. The molecule has 1 rings (SSSR count). The minimum Gasteiger partial charge on any atom is -0.469 e. The van der Waals surface area contributed by atoms with E-state index < -0.39 is 0 Å². The van der Waals surface area contributed by atoms with Crippen LogP contribution >= 0.6 is 0 Å². The maximum atomic E-state index is 9.78. The van der Waals surface area contributed by atoms with Gasteiger partial charge in [-0.1, -0.05) is 13.8 Å². The molecule has 0 aliphatic rings. The fourth-order valence-corrected chi connectivity index (χ4v) is 1.39. The van der Waals surface area contributed by atoms with Crippen LogP contribution in [0, 0.1) is 12.8 Å². The topological polar surface area (TPSA) is 33.4 Å². The quantitative estimate of drug-likeness (QED) is 0.776. The summed E-state index contributed by atoms with van der Waals surface area (Å²) in [6.07, 6.45) is 3.13. The van der Waals surface area contributed by atoms with E-state index in [9.17, 15) is 5.11 Å². The van der Waals surface area contributed by atoms with Crippen molar-refractivity contribution in [3.8, 4) is 0 Å². The van der Waals surface area contributed by atoms with Crippen molar-refractivity contribution in [2.75, 3.05) is 0 Å². The van der Waals surface area contributed by atoms with E-state index in [1.165, 1.54) is 0 Å². The number of aliphatic hydroxyl groups excluding tert-OH is 1. The van der Waals surface area contributed by atoms with Crippen molar-refractivity contribution in [2.24, 2.45) is 5.92 Å². The lowest BCUT2D eigenvalue weighted by Gasteiger charge is -2.10. The number of hydrogen-bond acceptors (Lipinski definition) is 2. The first kappa shape index (κ1) is 10.3. The zero-order valence-corrected chi connectivity index (χ0v) is 8.58. The molecule has 2 heteroatoms. The summed E-state index contributed by atoms with van der Waals surface area (Å²) in [6, 6.07) is 1.85. The second-order valence-corrected chi connectivity index (χ2v) is 3.92. The fourth-order valence-electron chi connectivity index (χ4n) is 1.39. The molecule has 0 bridgehead atoms. The van der Waals surface area contributed by atoms with Crippen LogP contribution in [0.3, 0.4) is 0 Å². The average molecular weight is 182 g/mol. The molecule has 1 heterocycles. The largest absolute Gasteiger partial charge is 0.469 e. The van der Waals surface area contributed by atoms with E-state index in [1.807, 2.05) is 13.0 Å². The Kier molecular flexibility index (Phi) is 3.55. The van der Waals surface area contributed by atoms with Gasteiger partial charge in [0.25, 0.3) is 0 Å². The number of furan rings is 1. The van der Waals surface area contributed by atoms with Crippen molar-refractivity contribution in [2.45, 2.75) is 39.7 Å². The van der Waals surface area contributed by atoms with Crippen LogP contribution in [-0.4, -0.2) is 5.11 Å². The first-order valence-corrected chi connectivity index (χ1v) is 4.83. The Hall–Kier alpha value is -0.760. The highest BCUT2D eigenvalue weighted by atomic mass is 16.3. The van der Waals surface area contributed by atoms with E-state index in [2.05, 4.69) is 13.8 Å². The van der Waals surface area contributed by atoms with Gasteiger partial charge in [0, 0.05) is 5.56 Å². The van der Waals surface area contributed by atoms with Crippen LogP contribution in [0.2, 0.25) is 0 Å². The molecule has 0 aliphatic heterocycles. The van der Waals surface area contributed by atoms with E-state index in [1.54, 1.807) is 6.26 Å². The predicted molar refractivity (Wildman–Crippen MR) is 52.5 cm³/mol. The van der Waals surface area contributed by atoms with Crippen molar-refractivity contribution < 1.29 is 9.52 Å². The molecular weight excluding hydrogens is 164 g/mol. The zero-order chi connectivity index (χ0) is 9.84. The highest BCUT2D eigenvalue weighted by Crippen LogP contribution is 2.24. The van der Waals surface area contributed by atoms with Crippen LogP contribution in [0.4, 0.5) is 0 Å². The third-order valence-corrected chi connectivity index (χ3v) is 2.28. The third-order valence-electron chi connectivity index (χ3n) is 2.28. The molecule has 0 spiro atoms. The highest BCUT2D eigenvalue weighted by Gasteiger charge is 2.12. The van der Waals surface area contributed by atoms with Crippen LogP contribution in [0.1, 0.15) is 44.1 Å².